The van der Waals surface area contributed by atoms with Crippen LogP contribution in [0.5, 0.6) is 0 Å². The monoisotopic (exact) mass is 336 g/mol. The van der Waals surface area contributed by atoms with Crippen molar-refractivity contribution in [2.24, 2.45) is 0 Å². The topological polar surface area (TPSA) is 41.6 Å². The van der Waals surface area contributed by atoms with Crippen molar-refractivity contribution in [1.82, 2.24) is 10.4 Å². The van der Waals surface area contributed by atoms with E-state index in [-0.39, 0.29) is 11.9 Å². The molecule has 0 aromatic heterocycles. The van der Waals surface area contributed by atoms with Gasteiger partial charge in [0, 0.05) is 6.54 Å². The molecule has 2 aliphatic carbocycles. The number of amides is 1. The zero-order valence-electron chi connectivity index (χ0n) is 14.6. The molecule has 1 atom stereocenters. The minimum absolute atomic E-state index is 0.0386. The molecule has 1 aromatic carbocycles. The second-order valence-electron chi connectivity index (χ2n) is 6.32. The smallest absolute Gasteiger partial charge is 0.239 e. The molecule has 1 saturated heterocycles. The standard InChI is InChI=1S/C15H20N2O2.C6H4/c1-3-9-19-17(14-7-8-16-15(14)18)11-13-6-4-5-12(2)10-13;1-2-6-4-3-5(1)6/h3-6,10,14H,1,7-9,11H2,2H3,(H,16,18);1-4H. The Morgan fingerprint density at radius 3 is 2.44 bits per heavy atom. The molecule has 1 heterocycles. The summed E-state index contributed by atoms with van der Waals surface area (Å²) in [6.07, 6.45) is 2.47. The third kappa shape index (κ3) is 4.35. The molecule has 1 amide bonds. The van der Waals surface area contributed by atoms with Gasteiger partial charge in [-0.1, -0.05) is 60.2 Å². The Morgan fingerprint density at radius 1 is 1.24 bits per heavy atom. The predicted octanol–water partition coefficient (Wildman–Crippen LogP) is 3.47. The number of hydroxylamine groups is 2. The maximum Gasteiger partial charge on any atom is 0.239 e. The Hall–Kier alpha value is -2.43. The van der Waals surface area contributed by atoms with Gasteiger partial charge in [-0.15, -0.1) is 6.58 Å². The van der Waals surface area contributed by atoms with E-state index in [1.165, 1.54) is 16.7 Å². The summed E-state index contributed by atoms with van der Waals surface area (Å²) in [6, 6.07) is 16.5. The first-order valence-electron chi connectivity index (χ1n) is 8.61. The number of aryl methyl sites for hydroxylation is 1. The molecular formula is C21H24N2O2. The zero-order valence-corrected chi connectivity index (χ0v) is 14.6. The lowest BCUT2D eigenvalue weighted by Gasteiger charge is -2.25. The molecule has 1 N–H and O–H groups in total. The largest absolute Gasteiger partial charge is 0.355 e. The van der Waals surface area contributed by atoms with Gasteiger partial charge in [0.05, 0.1) is 13.2 Å². The van der Waals surface area contributed by atoms with Crippen molar-refractivity contribution in [1.29, 1.82) is 0 Å². The highest BCUT2D eigenvalue weighted by molar-refractivity contribution is 5.83. The number of benzene rings is 2. The molecule has 4 heteroatoms. The van der Waals surface area contributed by atoms with Crippen molar-refractivity contribution in [2.45, 2.75) is 25.9 Å². The molecule has 3 aliphatic rings. The van der Waals surface area contributed by atoms with Crippen LogP contribution in [0.4, 0.5) is 0 Å². The van der Waals surface area contributed by atoms with Crippen LogP contribution in [0, 0.1) is 6.92 Å². The first kappa shape index (κ1) is 17.4. The van der Waals surface area contributed by atoms with Crippen LogP contribution in [0.3, 0.4) is 0 Å². The maximum atomic E-state index is 11.8. The molecule has 130 valence electrons. The molecule has 0 bridgehead atoms. The fourth-order valence-corrected chi connectivity index (χ4v) is 2.90. The van der Waals surface area contributed by atoms with Crippen molar-refractivity contribution in [2.75, 3.05) is 13.2 Å². The molecule has 1 aliphatic heterocycles. The summed E-state index contributed by atoms with van der Waals surface area (Å²) in [7, 11) is 0. The van der Waals surface area contributed by atoms with Crippen molar-refractivity contribution >= 4 is 5.91 Å². The Bertz CT molecular complexity index is 719. The number of nitrogens with zero attached hydrogens (tertiary/aromatic N) is 1. The fraction of sp³-hybridized carbons (Fsp3) is 0.286. The number of fused-ring (bicyclic) bond motifs is 1. The summed E-state index contributed by atoms with van der Waals surface area (Å²) in [5.41, 5.74) is 5.20. The number of hydrogen-bond donors (Lipinski definition) is 1. The lowest BCUT2D eigenvalue weighted by molar-refractivity contribution is -0.186. The van der Waals surface area contributed by atoms with Gasteiger partial charge in [-0.3, -0.25) is 9.63 Å². The Balaban J connectivity index is 0.000000250. The van der Waals surface area contributed by atoms with Gasteiger partial charge in [-0.2, -0.15) is 5.06 Å². The first-order chi connectivity index (χ1) is 12.2. The molecule has 4 rings (SSSR count). The van der Waals surface area contributed by atoms with Crippen LogP contribution in [0.1, 0.15) is 17.5 Å². The molecule has 1 aromatic rings. The van der Waals surface area contributed by atoms with Crippen molar-refractivity contribution in [3.8, 4) is 11.1 Å². The lowest BCUT2D eigenvalue weighted by atomic mass is 9.95. The van der Waals surface area contributed by atoms with Crippen LogP contribution in [0.25, 0.3) is 11.1 Å². The average Bonchev–Trinajstić information content (AvgIpc) is 3.01. The molecule has 4 nitrogen and oxygen atoms in total. The summed E-state index contributed by atoms with van der Waals surface area (Å²) >= 11 is 0. The highest BCUT2D eigenvalue weighted by Gasteiger charge is 2.31. The van der Waals surface area contributed by atoms with Gasteiger partial charge >= 0.3 is 0 Å². The van der Waals surface area contributed by atoms with Crippen LogP contribution < -0.4 is 5.32 Å². The van der Waals surface area contributed by atoms with Crippen LogP contribution in [0.2, 0.25) is 0 Å². The quantitative estimate of drug-likeness (QED) is 0.553. The van der Waals surface area contributed by atoms with Crippen LogP contribution in [-0.2, 0) is 16.2 Å². The van der Waals surface area contributed by atoms with E-state index >= 15 is 0 Å². The predicted molar refractivity (Wildman–Crippen MR) is 99.7 cm³/mol. The third-order valence-corrected chi connectivity index (χ3v) is 4.36. The minimum atomic E-state index is -0.208. The van der Waals surface area contributed by atoms with E-state index in [0.29, 0.717) is 19.7 Å². The van der Waals surface area contributed by atoms with E-state index in [4.69, 9.17) is 4.84 Å². The van der Waals surface area contributed by atoms with E-state index in [9.17, 15) is 4.79 Å². The van der Waals surface area contributed by atoms with Gasteiger partial charge in [0.25, 0.3) is 0 Å². The van der Waals surface area contributed by atoms with Crippen molar-refractivity contribution < 1.29 is 9.63 Å². The fourth-order valence-electron chi connectivity index (χ4n) is 2.90. The SMILES string of the molecule is C=CCON(Cc1cccc(C)c1)C1CCNC1=O.c1cc2ccc1-2. The van der Waals surface area contributed by atoms with Crippen LogP contribution >= 0.6 is 0 Å². The Morgan fingerprint density at radius 2 is 1.96 bits per heavy atom. The summed E-state index contributed by atoms with van der Waals surface area (Å²) in [4.78, 5) is 17.4. The Labute approximate surface area is 149 Å². The highest BCUT2D eigenvalue weighted by Crippen LogP contribution is 2.29. The second-order valence-corrected chi connectivity index (χ2v) is 6.32. The number of carbonyl (C=O) groups is 1. The molecule has 1 unspecified atom stereocenters. The van der Waals surface area contributed by atoms with Crippen molar-refractivity contribution in [3.05, 3.63) is 72.3 Å². The molecule has 0 radical (unpaired) electrons. The van der Waals surface area contributed by atoms with E-state index in [2.05, 4.69) is 55.2 Å². The van der Waals surface area contributed by atoms with Gasteiger partial charge in [0.2, 0.25) is 5.91 Å². The summed E-state index contributed by atoms with van der Waals surface area (Å²) in [6.45, 7) is 7.43. The first-order valence-corrected chi connectivity index (χ1v) is 8.61. The highest BCUT2D eigenvalue weighted by atomic mass is 16.7. The van der Waals surface area contributed by atoms with Gasteiger partial charge in [0.15, 0.2) is 0 Å². The lowest BCUT2D eigenvalue weighted by Crippen LogP contribution is -2.40. The Kier molecular flexibility index (Phi) is 5.64. The zero-order chi connectivity index (χ0) is 17.6. The van der Waals surface area contributed by atoms with Gasteiger partial charge in [0.1, 0.15) is 6.04 Å². The normalized spacial score (nSPS) is 16.9. The molecular weight excluding hydrogens is 312 g/mol. The minimum Gasteiger partial charge on any atom is -0.355 e. The van der Waals surface area contributed by atoms with E-state index in [1.807, 2.05) is 12.1 Å². The maximum absolute atomic E-state index is 11.8. The molecule has 0 spiro atoms. The van der Waals surface area contributed by atoms with Crippen LogP contribution in [0.15, 0.2) is 61.2 Å². The number of rotatable bonds is 6. The summed E-state index contributed by atoms with van der Waals surface area (Å²) in [5.74, 6) is 0.0386. The van der Waals surface area contributed by atoms with E-state index < -0.39 is 0 Å². The number of nitrogens with one attached hydrogen (secondary N) is 1. The van der Waals surface area contributed by atoms with E-state index in [1.54, 1.807) is 11.1 Å². The molecule has 25 heavy (non-hydrogen) atoms. The van der Waals surface area contributed by atoms with Gasteiger partial charge in [-0.25, -0.2) is 0 Å². The summed E-state index contributed by atoms with van der Waals surface area (Å²) < 4.78 is 0. The van der Waals surface area contributed by atoms with Crippen LogP contribution in [-0.4, -0.2) is 30.2 Å². The number of hydrogen-bond acceptors (Lipinski definition) is 3. The van der Waals surface area contributed by atoms with Gasteiger partial charge < -0.3 is 5.32 Å². The summed E-state index contributed by atoms with van der Waals surface area (Å²) in [5, 5.41) is 4.60. The molecule has 0 saturated carbocycles. The third-order valence-electron chi connectivity index (χ3n) is 4.36. The van der Waals surface area contributed by atoms with Crippen molar-refractivity contribution in [3.63, 3.8) is 0 Å². The number of carbonyl (C=O) groups excluding carboxylic acids is 1. The van der Waals surface area contributed by atoms with E-state index in [0.717, 1.165) is 12.0 Å². The van der Waals surface area contributed by atoms with Gasteiger partial charge in [-0.05, 0) is 30.0 Å². The second kappa shape index (κ2) is 8.10. The molecule has 1 fully saturated rings. The average molecular weight is 336 g/mol.